The summed E-state index contributed by atoms with van der Waals surface area (Å²) in [6.07, 6.45) is 6.07. The number of hydrogen-bond donors (Lipinski definition) is 7. The zero-order valence-electron chi connectivity index (χ0n) is 21.7. The Balaban J connectivity index is 1.86. The third-order valence-electron chi connectivity index (χ3n) is 5.85. The Kier molecular flexibility index (Phi) is 10.4. The lowest BCUT2D eigenvalue weighted by Crippen LogP contribution is -2.33. The number of benzene rings is 2. The van der Waals surface area contributed by atoms with Gasteiger partial charge in [0.2, 0.25) is 0 Å². The van der Waals surface area contributed by atoms with Gasteiger partial charge in [-0.1, -0.05) is 35.9 Å². The molecule has 0 saturated heterocycles. The summed E-state index contributed by atoms with van der Waals surface area (Å²) in [4.78, 5) is 31.5. The molecule has 39 heavy (non-hydrogen) atoms. The number of aliphatic hydroxyl groups is 1. The van der Waals surface area contributed by atoms with Gasteiger partial charge in [0.05, 0.1) is 29.2 Å². The molecule has 0 saturated carbocycles. The van der Waals surface area contributed by atoms with E-state index < -0.39 is 18.1 Å². The molecule has 0 spiro atoms. The van der Waals surface area contributed by atoms with E-state index in [1.165, 1.54) is 12.2 Å². The number of nitrogens with zero attached hydrogens (tertiary/aromatic N) is 1. The smallest absolute Gasteiger partial charge is 0.267 e. The molecular weight excluding hydrogens is 518 g/mol. The van der Waals surface area contributed by atoms with Gasteiger partial charge in [-0.2, -0.15) is 0 Å². The summed E-state index contributed by atoms with van der Waals surface area (Å²) >= 11 is 6.01. The Labute approximate surface area is 231 Å². The van der Waals surface area contributed by atoms with Gasteiger partial charge in [0.25, 0.3) is 5.91 Å². The van der Waals surface area contributed by atoms with Crippen molar-refractivity contribution in [2.75, 3.05) is 24.7 Å². The molecule has 1 aromatic heterocycles. The number of hydrogen-bond acceptors (Lipinski definition) is 8. The van der Waals surface area contributed by atoms with Gasteiger partial charge in [-0.05, 0) is 42.8 Å². The van der Waals surface area contributed by atoms with Crippen LogP contribution in [0.3, 0.4) is 0 Å². The maximum Gasteiger partial charge on any atom is 0.267 e. The third kappa shape index (κ3) is 8.03. The van der Waals surface area contributed by atoms with Crippen LogP contribution < -0.4 is 21.7 Å². The average molecular weight is 550 g/mol. The monoisotopic (exact) mass is 549 g/mol. The molecule has 0 aliphatic heterocycles. The Morgan fingerprint density at radius 2 is 2.00 bits per heavy atom. The van der Waals surface area contributed by atoms with Crippen LogP contribution in [0, 0.1) is 5.41 Å². The molecule has 2 aromatic carbocycles. The molecule has 3 aromatic rings. The van der Waals surface area contributed by atoms with Crippen LogP contribution >= 0.6 is 11.6 Å². The summed E-state index contributed by atoms with van der Waals surface area (Å²) in [5.74, 6) is -0.133. The maximum atomic E-state index is 13.0. The molecule has 0 aliphatic rings. The number of aldehydes is 1. The molecule has 0 aliphatic carbocycles. The molecule has 1 heterocycles. The number of anilines is 2. The number of H-pyrrole nitrogens is 1. The van der Waals surface area contributed by atoms with Crippen molar-refractivity contribution >= 4 is 40.9 Å². The van der Waals surface area contributed by atoms with Crippen molar-refractivity contribution in [1.29, 1.82) is 5.41 Å². The topological polar surface area (TPSA) is 169 Å². The van der Waals surface area contributed by atoms with Crippen molar-refractivity contribution < 1.29 is 14.7 Å². The SMILES string of the molecule is CNc1ccc(-c2c[nH]c(C(C/C=C/C(O)CC=O)NC(=O)/C(N)=C/C(=N)c3cccc(Cl)c3)n2)c(NC)c1. The molecule has 0 radical (unpaired) electrons. The Bertz CT molecular complexity index is 1380. The van der Waals surface area contributed by atoms with Gasteiger partial charge in [-0.15, -0.1) is 0 Å². The number of allylic oxidation sites excluding steroid dienone is 1. The second kappa shape index (κ2) is 13.9. The molecule has 8 N–H and O–H groups in total. The first-order valence-electron chi connectivity index (χ1n) is 12.2. The standard InChI is InChI=1S/C28H32ClN7O3/c1-32-19-9-10-21(25(14-19)33-2)26-16-34-27(35-26)24(8-4-7-20(38)11-12-37)36-28(39)23(31)15-22(30)17-5-3-6-18(29)13-17/h3-7,9-10,12-16,20,24,30,32-33,38H,8,11,31H2,1-2H3,(H,34,35)(H,36,39)/b7-4+,23-15-,30-22?. The largest absolute Gasteiger partial charge is 0.394 e. The zero-order chi connectivity index (χ0) is 28.4. The molecule has 3 rings (SSSR count). The first kappa shape index (κ1) is 29.2. The summed E-state index contributed by atoms with van der Waals surface area (Å²) < 4.78 is 0. The highest BCUT2D eigenvalue weighted by molar-refractivity contribution is 6.31. The van der Waals surface area contributed by atoms with Gasteiger partial charge < -0.3 is 42.0 Å². The number of imidazole rings is 1. The molecule has 0 bridgehead atoms. The maximum absolute atomic E-state index is 13.0. The zero-order valence-corrected chi connectivity index (χ0v) is 22.4. The predicted octanol–water partition coefficient (Wildman–Crippen LogP) is 3.78. The van der Waals surface area contributed by atoms with Gasteiger partial charge in [0, 0.05) is 54.2 Å². The van der Waals surface area contributed by atoms with Gasteiger partial charge in [-0.25, -0.2) is 4.98 Å². The van der Waals surface area contributed by atoms with Crippen LogP contribution in [0.5, 0.6) is 0 Å². The van der Waals surface area contributed by atoms with Gasteiger partial charge >= 0.3 is 0 Å². The van der Waals surface area contributed by atoms with E-state index in [-0.39, 0.29) is 24.3 Å². The number of aromatic amines is 1. The predicted molar refractivity (Wildman–Crippen MR) is 155 cm³/mol. The fraction of sp³-hybridized carbons (Fsp3) is 0.214. The summed E-state index contributed by atoms with van der Waals surface area (Å²) in [6, 6.07) is 11.9. The summed E-state index contributed by atoms with van der Waals surface area (Å²) in [5.41, 5.74) is 9.73. The van der Waals surface area contributed by atoms with E-state index in [2.05, 4.69) is 20.9 Å². The van der Waals surface area contributed by atoms with E-state index in [4.69, 9.17) is 27.7 Å². The third-order valence-corrected chi connectivity index (χ3v) is 6.09. The summed E-state index contributed by atoms with van der Waals surface area (Å²) in [6.45, 7) is 0. The fourth-order valence-corrected chi connectivity index (χ4v) is 3.96. The van der Waals surface area contributed by atoms with Crippen LogP contribution in [0.1, 0.15) is 30.3 Å². The number of aromatic nitrogens is 2. The minimum Gasteiger partial charge on any atom is -0.394 e. The van der Waals surface area contributed by atoms with E-state index in [0.717, 1.165) is 16.9 Å². The Hall–Kier alpha value is -4.41. The second-order valence-corrected chi connectivity index (χ2v) is 9.05. The lowest BCUT2D eigenvalue weighted by Gasteiger charge is -2.16. The van der Waals surface area contributed by atoms with E-state index in [9.17, 15) is 14.7 Å². The van der Waals surface area contributed by atoms with Crippen LogP contribution in [-0.2, 0) is 9.59 Å². The summed E-state index contributed by atoms with van der Waals surface area (Å²) in [7, 11) is 3.66. The van der Waals surface area contributed by atoms with Crippen molar-refractivity contribution in [1.82, 2.24) is 15.3 Å². The highest BCUT2D eigenvalue weighted by Gasteiger charge is 2.20. The highest BCUT2D eigenvalue weighted by Crippen LogP contribution is 2.30. The quantitative estimate of drug-likeness (QED) is 0.0736. The summed E-state index contributed by atoms with van der Waals surface area (Å²) in [5, 5.41) is 27.7. The van der Waals surface area contributed by atoms with Crippen molar-refractivity contribution in [3.63, 3.8) is 0 Å². The normalized spacial score (nSPS) is 13.1. The lowest BCUT2D eigenvalue weighted by atomic mass is 10.1. The fourth-order valence-electron chi connectivity index (χ4n) is 3.77. The van der Waals surface area contributed by atoms with Gasteiger partial charge in [0.15, 0.2) is 0 Å². The van der Waals surface area contributed by atoms with E-state index in [0.29, 0.717) is 28.4 Å². The molecule has 1 amide bonds. The molecule has 204 valence electrons. The molecule has 2 atom stereocenters. The number of aliphatic hydroxyl groups excluding tert-OH is 1. The minimum absolute atomic E-state index is 0.0310. The molecule has 2 unspecified atom stereocenters. The van der Waals surface area contributed by atoms with Crippen LogP contribution in [0.15, 0.2) is 72.6 Å². The van der Waals surface area contributed by atoms with Crippen molar-refractivity contribution in [2.24, 2.45) is 5.73 Å². The number of amides is 1. The van der Waals surface area contributed by atoms with Crippen LogP contribution in [-0.4, -0.2) is 53.2 Å². The number of halogens is 1. The number of nitrogens with one attached hydrogen (secondary N) is 5. The van der Waals surface area contributed by atoms with E-state index >= 15 is 0 Å². The molecule has 11 heteroatoms. The van der Waals surface area contributed by atoms with Crippen molar-refractivity contribution in [3.05, 3.63) is 89.0 Å². The molecule has 0 fully saturated rings. The number of rotatable bonds is 13. The lowest BCUT2D eigenvalue weighted by molar-refractivity contribution is -0.118. The van der Waals surface area contributed by atoms with E-state index in [1.54, 1.807) is 36.5 Å². The average Bonchev–Trinajstić information content (AvgIpc) is 3.42. The first-order valence-corrected chi connectivity index (χ1v) is 12.6. The van der Waals surface area contributed by atoms with E-state index in [1.807, 2.05) is 32.3 Å². The first-order chi connectivity index (χ1) is 18.7. The number of carbonyl (C=O) groups is 2. The van der Waals surface area contributed by atoms with Crippen LogP contribution in [0.25, 0.3) is 11.3 Å². The Morgan fingerprint density at radius 1 is 1.21 bits per heavy atom. The van der Waals surface area contributed by atoms with Crippen LogP contribution in [0.2, 0.25) is 5.02 Å². The van der Waals surface area contributed by atoms with Gasteiger partial charge in [-0.3, -0.25) is 4.79 Å². The highest BCUT2D eigenvalue weighted by atomic mass is 35.5. The molecule has 10 nitrogen and oxygen atoms in total. The van der Waals surface area contributed by atoms with Gasteiger partial charge in [0.1, 0.15) is 12.1 Å². The van der Waals surface area contributed by atoms with Crippen LogP contribution in [0.4, 0.5) is 11.4 Å². The number of nitrogens with two attached hydrogens (primary N) is 1. The Morgan fingerprint density at radius 3 is 2.69 bits per heavy atom. The minimum atomic E-state index is -0.932. The second-order valence-electron chi connectivity index (χ2n) is 8.61. The number of carbonyl (C=O) groups excluding carboxylic acids is 2. The molecular formula is C28H32ClN7O3. The van der Waals surface area contributed by atoms with Crippen molar-refractivity contribution in [3.8, 4) is 11.3 Å². The van der Waals surface area contributed by atoms with Crippen molar-refractivity contribution in [2.45, 2.75) is 25.0 Å².